The molecule has 8 nitrogen and oxygen atoms in total. The van der Waals surface area contributed by atoms with Gasteiger partial charge in [-0.2, -0.15) is 0 Å². The van der Waals surface area contributed by atoms with E-state index in [1.165, 1.54) is 31.4 Å². The first kappa shape index (κ1) is 24.9. The van der Waals surface area contributed by atoms with Crippen molar-refractivity contribution in [3.8, 4) is 5.75 Å². The van der Waals surface area contributed by atoms with Crippen LogP contribution >= 0.6 is 0 Å². The van der Waals surface area contributed by atoms with Gasteiger partial charge in [-0.05, 0) is 54.4 Å². The van der Waals surface area contributed by atoms with Crippen molar-refractivity contribution in [2.75, 3.05) is 19.0 Å². The summed E-state index contributed by atoms with van der Waals surface area (Å²) >= 11 is 0. The van der Waals surface area contributed by atoms with Gasteiger partial charge >= 0.3 is 5.97 Å². The monoisotopic (exact) mass is 483 g/mol. The van der Waals surface area contributed by atoms with Crippen molar-refractivity contribution in [3.63, 3.8) is 0 Å². The number of anilines is 1. The molecule has 3 rings (SSSR count). The lowest BCUT2D eigenvalue weighted by atomic mass is 10.2. The molecule has 0 radical (unpaired) electrons. The van der Waals surface area contributed by atoms with E-state index in [0.29, 0.717) is 17.0 Å². The van der Waals surface area contributed by atoms with E-state index < -0.39 is 27.0 Å². The first-order valence-electron chi connectivity index (χ1n) is 10.4. The van der Waals surface area contributed by atoms with Gasteiger partial charge in [-0.3, -0.25) is 9.59 Å². The van der Waals surface area contributed by atoms with Crippen molar-refractivity contribution in [2.24, 2.45) is 0 Å². The van der Waals surface area contributed by atoms with E-state index in [-0.39, 0.29) is 24.5 Å². The molecule has 2 N–H and O–H groups in total. The number of benzene rings is 3. The molecule has 1 atom stereocenters. The number of methoxy groups -OCH3 is 1. The van der Waals surface area contributed by atoms with Crippen LogP contribution in [0, 0.1) is 0 Å². The first-order chi connectivity index (χ1) is 16.3. The highest BCUT2D eigenvalue weighted by molar-refractivity contribution is 7.92. The van der Waals surface area contributed by atoms with Crippen molar-refractivity contribution in [3.05, 3.63) is 90.0 Å². The lowest BCUT2D eigenvalue weighted by Crippen LogP contribution is -2.31. The summed E-state index contributed by atoms with van der Waals surface area (Å²) in [5.41, 5.74) is 1.64. The summed E-state index contributed by atoms with van der Waals surface area (Å²) in [7, 11) is -2.66. The van der Waals surface area contributed by atoms with Gasteiger partial charge in [-0.1, -0.05) is 36.4 Å². The molecule has 3 aromatic carbocycles. The Balaban J connectivity index is 1.64. The minimum absolute atomic E-state index is 0.0280. The third kappa shape index (κ3) is 6.43. The SMILES string of the molecule is COc1cccc(C(=O)Nc2ccc(S(=O)(=O)C(CCOCc3ccccc3)C(=O)O)cc2)c1. The summed E-state index contributed by atoms with van der Waals surface area (Å²) in [5.74, 6) is -1.31. The van der Waals surface area contributed by atoms with E-state index >= 15 is 0 Å². The molecule has 178 valence electrons. The van der Waals surface area contributed by atoms with Crippen LogP contribution < -0.4 is 10.1 Å². The Kier molecular flexibility index (Phi) is 8.39. The molecule has 0 fully saturated rings. The van der Waals surface area contributed by atoms with Gasteiger partial charge in [-0.25, -0.2) is 8.42 Å². The number of amides is 1. The average Bonchev–Trinajstić information content (AvgIpc) is 2.84. The number of hydrogen-bond donors (Lipinski definition) is 2. The van der Waals surface area contributed by atoms with Crippen molar-refractivity contribution >= 4 is 27.4 Å². The van der Waals surface area contributed by atoms with Crippen LogP contribution in [0.2, 0.25) is 0 Å². The van der Waals surface area contributed by atoms with E-state index in [2.05, 4.69) is 5.32 Å². The number of carboxylic acids is 1. The Morgan fingerprint density at radius 1 is 0.971 bits per heavy atom. The molecule has 0 heterocycles. The molecule has 0 aliphatic heterocycles. The van der Waals surface area contributed by atoms with Gasteiger partial charge in [0.1, 0.15) is 5.75 Å². The Bertz CT molecular complexity index is 1230. The fourth-order valence-electron chi connectivity index (χ4n) is 3.23. The zero-order valence-electron chi connectivity index (χ0n) is 18.5. The summed E-state index contributed by atoms with van der Waals surface area (Å²) in [4.78, 5) is 24.0. The summed E-state index contributed by atoms with van der Waals surface area (Å²) in [5, 5.41) is 10.5. The van der Waals surface area contributed by atoms with Gasteiger partial charge in [0.05, 0.1) is 18.6 Å². The number of rotatable bonds is 11. The van der Waals surface area contributed by atoms with Gasteiger partial charge in [0.25, 0.3) is 5.91 Å². The van der Waals surface area contributed by atoms with Crippen LogP contribution in [-0.4, -0.2) is 44.4 Å². The molecule has 0 saturated heterocycles. The molecule has 0 aliphatic carbocycles. The third-order valence-electron chi connectivity index (χ3n) is 5.06. The minimum Gasteiger partial charge on any atom is -0.497 e. The van der Waals surface area contributed by atoms with E-state index in [0.717, 1.165) is 5.56 Å². The zero-order valence-corrected chi connectivity index (χ0v) is 19.3. The molecular weight excluding hydrogens is 458 g/mol. The summed E-state index contributed by atoms with van der Waals surface area (Å²) in [6, 6.07) is 21.3. The highest BCUT2D eigenvalue weighted by Gasteiger charge is 2.33. The van der Waals surface area contributed by atoms with Crippen molar-refractivity contribution in [2.45, 2.75) is 23.2 Å². The molecule has 0 aliphatic rings. The van der Waals surface area contributed by atoms with Crippen molar-refractivity contribution < 1.29 is 32.6 Å². The quantitative estimate of drug-likeness (QED) is 0.398. The fraction of sp³-hybridized carbons (Fsp3) is 0.200. The lowest BCUT2D eigenvalue weighted by Gasteiger charge is -2.14. The molecule has 1 unspecified atom stereocenters. The number of carbonyl (C=O) groups excluding carboxylic acids is 1. The molecule has 9 heteroatoms. The van der Waals surface area contributed by atoms with Gasteiger partial charge in [0.2, 0.25) is 0 Å². The van der Waals surface area contributed by atoms with Gasteiger partial charge in [-0.15, -0.1) is 0 Å². The Morgan fingerprint density at radius 3 is 2.32 bits per heavy atom. The number of carbonyl (C=O) groups is 2. The smallest absolute Gasteiger partial charge is 0.322 e. The number of ether oxygens (including phenoxy) is 2. The molecule has 1 amide bonds. The maximum absolute atomic E-state index is 12.9. The van der Waals surface area contributed by atoms with Gasteiger partial charge in [0.15, 0.2) is 15.1 Å². The van der Waals surface area contributed by atoms with Crippen LogP contribution in [0.25, 0.3) is 0 Å². The predicted molar refractivity (Wildman–Crippen MR) is 127 cm³/mol. The van der Waals surface area contributed by atoms with Crippen molar-refractivity contribution in [1.82, 2.24) is 0 Å². The molecule has 3 aromatic rings. The van der Waals surface area contributed by atoms with Crippen LogP contribution in [0.1, 0.15) is 22.3 Å². The Labute approximate surface area is 198 Å². The lowest BCUT2D eigenvalue weighted by molar-refractivity contribution is -0.136. The second-order valence-electron chi connectivity index (χ2n) is 7.41. The van der Waals surface area contributed by atoms with Gasteiger partial charge < -0.3 is 19.9 Å². The number of sulfone groups is 1. The third-order valence-corrected chi connectivity index (χ3v) is 7.17. The minimum atomic E-state index is -4.16. The second kappa shape index (κ2) is 11.4. The number of hydrogen-bond acceptors (Lipinski definition) is 6. The van der Waals surface area contributed by atoms with Crippen LogP contribution in [0.15, 0.2) is 83.8 Å². The summed E-state index contributed by atoms with van der Waals surface area (Å²) in [6.45, 7) is 0.231. The van der Waals surface area contributed by atoms with E-state index in [1.807, 2.05) is 30.3 Å². The first-order valence-corrected chi connectivity index (χ1v) is 12.0. The van der Waals surface area contributed by atoms with Gasteiger partial charge in [0, 0.05) is 17.9 Å². The number of carboxylic acid groups (broad SMARTS) is 1. The molecule has 34 heavy (non-hydrogen) atoms. The molecule has 0 bridgehead atoms. The predicted octanol–water partition coefficient (Wildman–Crippen LogP) is 3.78. The molecule has 0 aromatic heterocycles. The highest BCUT2D eigenvalue weighted by atomic mass is 32.2. The molecular formula is C25H25NO7S. The second-order valence-corrected chi connectivity index (χ2v) is 9.54. The van der Waals surface area contributed by atoms with E-state index in [9.17, 15) is 23.1 Å². The fourth-order valence-corrected chi connectivity index (χ4v) is 4.74. The average molecular weight is 484 g/mol. The largest absolute Gasteiger partial charge is 0.497 e. The van der Waals surface area contributed by atoms with Crippen LogP contribution in [0.3, 0.4) is 0 Å². The number of aliphatic carboxylic acids is 1. The topological polar surface area (TPSA) is 119 Å². The van der Waals surface area contributed by atoms with Crippen LogP contribution in [0.5, 0.6) is 5.75 Å². The van der Waals surface area contributed by atoms with E-state index in [4.69, 9.17) is 9.47 Å². The van der Waals surface area contributed by atoms with E-state index in [1.54, 1.807) is 24.3 Å². The van der Waals surface area contributed by atoms with Crippen LogP contribution in [-0.2, 0) is 26.0 Å². The summed E-state index contributed by atoms with van der Waals surface area (Å²) in [6.07, 6.45) is -0.196. The summed E-state index contributed by atoms with van der Waals surface area (Å²) < 4.78 is 36.4. The van der Waals surface area contributed by atoms with Crippen molar-refractivity contribution in [1.29, 1.82) is 0 Å². The molecule has 0 saturated carbocycles. The normalized spacial score (nSPS) is 12.0. The maximum atomic E-state index is 12.9. The molecule has 0 spiro atoms. The van der Waals surface area contributed by atoms with Crippen LogP contribution in [0.4, 0.5) is 5.69 Å². The maximum Gasteiger partial charge on any atom is 0.322 e. The Hall–Kier alpha value is -3.69. The zero-order chi connectivity index (χ0) is 24.6. The number of nitrogens with one attached hydrogen (secondary N) is 1. The standard InChI is InChI=1S/C25H25NO7S/c1-32-21-9-5-8-19(16-21)24(27)26-20-10-12-22(13-11-20)34(30,31)23(25(28)29)14-15-33-17-18-6-3-2-4-7-18/h2-13,16,23H,14-15,17H2,1H3,(H,26,27)(H,28,29). The Morgan fingerprint density at radius 2 is 1.68 bits per heavy atom. The highest BCUT2D eigenvalue weighted by Crippen LogP contribution is 2.22.